The smallest absolute Gasteiger partial charge is 0.160 e. The lowest BCUT2D eigenvalue weighted by Gasteiger charge is -2.22. The van der Waals surface area contributed by atoms with Gasteiger partial charge in [-0.1, -0.05) is 206 Å². The van der Waals surface area contributed by atoms with Crippen molar-refractivity contribution >= 4 is 65.4 Å². The molecule has 0 fully saturated rings. The minimum atomic E-state index is 0.594. The molecule has 4 aromatic heterocycles. The van der Waals surface area contributed by atoms with Gasteiger partial charge >= 0.3 is 0 Å². The molecule has 7 nitrogen and oxygen atoms in total. The average Bonchev–Trinajstić information content (AvgIpc) is 1.64. The number of nitriles is 2. The lowest BCUT2D eigenvalue weighted by molar-refractivity contribution is 1.16. The van der Waals surface area contributed by atoms with Gasteiger partial charge in [0.15, 0.2) is 5.82 Å². The number of nitrogens with zero attached hydrogens (tertiary/aromatic N) is 7. The standard InChI is InChI=1S/C84H51N7/c85-52-60-25-7-9-31-65(60)58-41-43-81-73(47-58)74-48-59(66-32-10-8-26-61(66)53-86)42-44-82(74)91(81)83-71(56-27-19-29-63(45-56)89-77-37-15-11-33-67(77)68-34-12-16-38-78(68)89)49-62(76-51-75(54-21-3-1-4-22-54)87-84(88-76)55-23-5-2-6-24-55)50-72(83)57-28-20-30-64(46-57)90-79-39-17-13-35-69(79)70-36-14-18-40-80(70)90/h1-51H. The third-order valence-corrected chi connectivity index (χ3v) is 17.9. The SMILES string of the molecule is N#Cc1ccccc1-c1ccc2c(c1)c1cc(-c3ccccc3C#N)ccc1n2-c1c(-c2cccc(-n3c4ccccc4c4ccccc43)c2)cc(-c2cc(-c3ccccc3)nc(-c3ccccc3)n2)cc1-c1cccc(-n2c3ccccc3c3ccccc32)c1. The van der Waals surface area contributed by atoms with E-state index in [9.17, 15) is 10.5 Å². The molecule has 17 rings (SSSR count). The second-order valence-corrected chi connectivity index (χ2v) is 23.1. The molecule has 4 heterocycles. The van der Waals surface area contributed by atoms with Crippen molar-refractivity contribution in [1.29, 1.82) is 10.5 Å². The molecule has 0 radical (unpaired) electrons. The highest BCUT2D eigenvalue weighted by Crippen LogP contribution is 2.47. The molecule has 0 amide bonds. The van der Waals surface area contributed by atoms with Crippen LogP contribution in [-0.2, 0) is 0 Å². The van der Waals surface area contributed by atoms with Crippen LogP contribution in [0.15, 0.2) is 309 Å². The zero-order valence-corrected chi connectivity index (χ0v) is 49.1. The van der Waals surface area contributed by atoms with E-state index in [1.165, 1.54) is 21.5 Å². The normalized spacial score (nSPS) is 11.5. The Labute approximate surface area is 524 Å². The molecule has 0 spiro atoms. The Kier molecular flexibility index (Phi) is 12.5. The summed E-state index contributed by atoms with van der Waals surface area (Å²) in [5.41, 5.74) is 22.4. The first-order valence-electron chi connectivity index (χ1n) is 30.5. The topological polar surface area (TPSA) is 88.2 Å². The number of hydrogen-bond donors (Lipinski definition) is 0. The van der Waals surface area contributed by atoms with Crippen molar-refractivity contribution in [3.8, 4) is 108 Å². The van der Waals surface area contributed by atoms with E-state index in [1.807, 2.05) is 72.8 Å². The summed E-state index contributed by atoms with van der Waals surface area (Å²) in [7, 11) is 0. The monoisotopic (exact) mass is 1160 g/mol. The highest BCUT2D eigenvalue weighted by Gasteiger charge is 2.26. The molecule has 0 saturated heterocycles. The predicted molar refractivity (Wildman–Crippen MR) is 373 cm³/mol. The number of rotatable bonds is 10. The van der Waals surface area contributed by atoms with Gasteiger partial charge < -0.3 is 13.7 Å². The Bertz CT molecular complexity index is 5420. The average molecular weight is 1160 g/mol. The zero-order chi connectivity index (χ0) is 60.5. The van der Waals surface area contributed by atoms with Crippen LogP contribution in [0.5, 0.6) is 0 Å². The summed E-state index contributed by atoms with van der Waals surface area (Å²) in [4.78, 5) is 10.8. The molecule has 0 unspecified atom stereocenters. The van der Waals surface area contributed by atoms with E-state index in [4.69, 9.17) is 9.97 Å². The number of aromatic nitrogens is 5. The fourth-order valence-electron chi connectivity index (χ4n) is 13.8. The Hall–Kier alpha value is -12.7. The highest BCUT2D eigenvalue weighted by atomic mass is 15.0. The summed E-state index contributed by atoms with van der Waals surface area (Å²) in [6.45, 7) is 0. The summed E-state index contributed by atoms with van der Waals surface area (Å²) < 4.78 is 7.22. The van der Waals surface area contributed by atoms with Crippen molar-refractivity contribution in [2.75, 3.05) is 0 Å². The van der Waals surface area contributed by atoms with Gasteiger partial charge in [0.25, 0.3) is 0 Å². The van der Waals surface area contributed by atoms with Gasteiger partial charge in [0, 0.05) is 71.5 Å². The van der Waals surface area contributed by atoms with Crippen LogP contribution in [0.25, 0.3) is 161 Å². The molecule has 0 N–H and O–H groups in total. The second-order valence-electron chi connectivity index (χ2n) is 23.1. The molecule has 0 aliphatic carbocycles. The molecule has 91 heavy (non-hydrogen) atoms. The van der Waals surface area contributed by atoms with Crippen LogP contribution < -0.4 is 0 Å². The van der Waals surface area contributed by atoms with Gasteiger partial charge in [-0.2, -0.15) is 10.5 Å². The summed E-state index contributed by atoms with van der Waals surface area (Å²) in [5.74, 6) is 0.621. The van der Waals surface area contributed by atoms with Crippen LogP contribution in [0.2, 0.25) is 0 Å². The van der Waals surface area contributed by atoms with Crippen molar-refractivity contribution < 1.29 is 0 Å². The Morgan fingerprint density at radius 1 is 0.242 bits per heavy atom. The lowest BCUT2D eigenvalue weighted by Crippen LogP contribution is -2.04. The second kappa shape index (κ2) is 21.6. The number of hydrogen-bond acceptors (Lipinski definition) is 4. The van der Waals surface area contributed by atoms with Gasteiger partial charge in [0.2, 0.25) is 0 Å². The molecule has 0 atom stereocenters. The largest absolute Gasteiger partial charge is 0.309 e. The van der Waals surface area contributed by atoms with Crippen LogP contribution in [0, 0.1) is 22.7 Å². The van der Waals surface area contributed by atoms with E-state index in [1.54, 1.807) is 0 Å². The minimum absolute atomic E-state index is 0.594. The lowest BCUT2D eigenvalue weighted by atomic mass is 9.91. The van der Waals surface area contributed by atoms with Gasteiger partial charge in [-0.15, -0.1) is 0 Å². The van der Waals surface area contributed by atoms with Crippen LogP contribution in [-0.4, -0.2) is 23.7 Å². The first-order valence-corrected chi connectivity index (χ1v) is 30.5. The van der Waals surface area contributed by atoms with Crippen LogP contribution in [0.4, 0.5) is 0 Å². The number of fused-ring (bicyclic) bond motifs is 9. The van der Waals surface area contributed by atoms with Crippen molar-refractivity contribution in [1.82, 2.24) is 23.7 Å². The summed E-state index contributed by atoms with van der Waals surface area (Å²) in [5, 5.41) is 27.8. The fraction of sp³-hybridized carbons (Fsp3) is 0. The van der Waals surface area contributed by atoms with E-state index in [-0.39, 0.29) is 0 Å². The zero-order valence-electron chi connectivity index (χ0n) is 49.1. The molecule has 0 aliphatic rings. The van der Waals surface area contributed by atoms with Crippen molar-refractivity contribution in [2.24, 2.45) is 0 Å². The quantitative estimate of drug-likeness (QED) is 0.136. The summed E-state index contributed by atoms with van der Waals surface area (Å²) in [6.07, 6.45) is 0. The van der Waals surface area contributed by atoms with Crippen molar-refractivity contribution in [2.45, 2.75) is 0 Å². The molecule has 7 heteroatoms. The summed E-state index contributed by atoms with van der Waals surface area (Å²) >= 11 is 0. The van der Waals surface area contributed by atoms with Gasteiger partial charge in [-0.05, 0) is 137 Å². The minimum Gasteiger partial charge on any atom is -0.309 e. The fourth-order valence-corrected chi connectivity index (χ4v) is 13.8. The number of benzene rings is 13. The molecule has 13 aromatic carbocycles. The maximum atomic E-state index is 10.5. The van der Waals surface area contributed by atoms with Crippen molar-refractivity contribution in [3.05, 3.63) is 321 Å². The van der Waals surface area contributed by atoms with E-state index in [0.29, 0.717) is 17.0 Å². The Morgan fingerprint density at radius 2 is 0.604 bits per heavy atom. The predicted octanol–water partition coefficient (Wildman–Crippen LogP) is 21.2. The maximum absolute atomic E-state index is 10.5. The molecule has 17 aromatic rings. The molecule has 0 saturated carbocycles. The first kappa shape index (κ1) is 52.6. The number of para-hydroxylation sites is 4. The molecule has 0 bridgehead atoms. The molecule has 0 aliphatic heterocycles. The van der Waals surface area contributed by atoms with E-state index in [0.717, 1.165) is 134 Å². The maximum Gasteiger partial charge on any atom is 0.160 e. The van der Waals surface area contributed by atoms with E-state index in [2.05, 4.69) is 262 Å². The molecule has 422 valence electrons. The van der Waals surface area contributed by atoms with Crippen LogP contribution in [0.3, 0.4) is 0 Å². The van der Waals surface area contributed by atoms with E-state index >= 15 is 0 Å². The van der Waals surface area contributed by atoms with Crippen LogP contribution in [0.1, 0.15) is 11.1 Å². The van der Waals surface area contributed by atoms with E-state index < -0.39 is 0 Å². The third kappa shape index (κ3) is 8.80. The van der Waals surface area contributed by atoms with Gasteiger partial charge in [0.1, 0.15) is 0 Å². The highest BCUT2D eigenvalue weighted by molar-refractivity contribution is 6.14. The van der Waals surface area contributed by atoms with Gasteiger partial charge in [0.05, 0.1) is 73.4 Å². The first-order chi connectivity index (χ1) is 45.0. The third-order valence-electron chi connectivity index (χ3n) is 17.9. The van der Waals surface area contributed by atoms with Crippen LogP contribution >= 0.6 is 0 Å². The van der Waals surface area contributed by atoms with Crippen molar-refractivity contribution in [3.63, 3.8) is 0 Å². The summed E-state index contributed by atoms with van der Waals surface area (Å²) in [6, 6.07) is 114. The van der Waals surface area contributed by atoms with Gasteiger partial charge in [-0.25, -0.2) is 9.97 Å². The molecular weight excluding hydrogens is 1110 g/mol. The molecular formula is C84H51N7. The van der Waals surface area contributed by atoms with Gasteiger partial charge in [-0.3, -0.25) is 0 Å². The Morgan fingerprint density at radius 3 is 1.05 bits per heavy atom. The Balaban J connectivity index is 1.02.